The summed E-state index contributed by atoms with van der Waals surface area (Å²) in [6, 6.07) is 6.98. The molecular weight excluding hydrogens is 401 g/mol. The quantitative estimate of drug-likeness (QED) is 0.627. The van der Waals surface area contributed by atoms with E-state index in [-0.39, 0.29) is 22.9 Å². The predicted molar refractivity (Wildman–Crippen MR) is 96.2 cm³/mol. The molecule has 3 rings (SSSR count). The molecule has 0 saturated carbocycles. The molecule has 0 N–H and O–H groups in total. The Morgan fingerprint density at radius 2 is 2.04 bits per heavy atom. The molecule has 0 aliphatic rings. The molecule has 10 heteroatoms. The summed E-state index contributed by atoms with van der Waals surface area (Å²) < 4.78 is 40.4. The molecule has 142 valence electrons. The van der Waals surface area contributed by atoms with E-state index in [0.29, 0.717) is 5.69 Å². The van der Waals surface area contributed by atoms with E-state index in [9.17, 15) is 18.0 Å². The van der Waals surface area contributed by atoms with Gasteiger partial charge in [-0.05, 0) is 19.1 Å². The van der Waals surface area contributed by atoms with Gasteiger partial charge < -0.3 is 4.90 Å². The molecule has 0 aliphatic carbocycles. The van der Waals surface area contributed by atoms with Gasteiger partial charge in [-0.1, -0.05) is 23.7 Å². The monoisotopic (exact) mass is 414 g/mol. The van der Waals surface area contributed by atoms with E-state index in [4.69, 9.17) is 11.6 Å². The lowest BCUT2D eigenvalue weighted by Crippen LogP contribution is -2.28. The van der Waals surface area contributed by atoms with E-state index in [1.165, 1.54) is 35.4 Å². The van der Waals surface area contributed by atoms with Gasteiger partial charge in [0, 0.05) is 18.5 Å². The summed E-state index contributed by atoms with van der Waals surface area (Å²) in [6.07, 6.45) is -4.69. The number of amides is 1. The molecule has 1 aromatic carbocycles. The van der Waals surface area contributed by atoms with Crippen LogP contribution in [-0.4, -0.2) is 32.6 Å². The fourth-order valence-electron chi connectivity index (χ4n) is 2.47. The number of nitrogens with zero attached hydrogens (tertiary/aromatic N) is 4. The average Bonchev–Trinajstić information content (AvgIpc) is 3.21. The Bertz CT molecular complexity index is 983. The van der Waals surface area contributed by atoms with Crippen LogP contribution in [0.3, 0.4) is 0 Å². The number of benzene rings is 1. The zero-order valence-electron chi connectivity index (χ0n) is 14.3. The summed E-state index contributed by atoms with van der Waals surface area (Å²) >= 11 is 7.53. The lowest BCUT2D eigenvalue weighted by Gasteiger charge is -2.17. The minimum absolute atomic E-state index is 0.165. The van der Waals surface area contributed by atoms with Gasteiger partial charge in [0.15, 0.2) is 5.69 Å². The second kappa shape index (κ2) is 7.32. The van der Waals surface area contributed by atoms with Gasteiger partial charge in [-0.2, -0.15) is 18.3 Å². The molecule has 3 aromatic rings. The highest BCUT2D eigenvalue weighted by Crippen LogP contribution is 2.31. The molecule has 2 aromatic heterocycles. The number of halogens is 4. The third-order valence-electron chi connectivity index (χ3n) is 3.71. The highest BCUT2D eigenvalue weighted by Gasteiger charge is 2.36. The molecule has 0 unspecified atom stereocenters. The van der Waals surface area contributed by atoms with Gasteiger partial charge in [0.2, 0.25) is 0 Å². The van der Waals surface area contributed by atoms with Gasteiger partial charge in [0.05, 0.1) is 28.0 Å². The lowest BCUT2D eigenvalue weighted by atomic mass is 10.2. The first-order chi connectivity index (χ1) is 12.7. The number of hydrogen-bond donors (Lipinski definition) is 0. The van der Waals surface area contributed by atoms with Crippen LogP contribution in [-0.2, 0) is 12.7 Å². The zero-order valence-corrected chi connectivity index (χ0v) is 15.9. The highest BCUT2D eigenvalue weighted by molar-refractivity contribution is 7.09. The molecule has 2 heterocycles. The van der Waals surface area contributed by atoms with Crippen LogP contribution in [0.15, 0.2) is 35.7 Å². The van der Waals surface area contributed by atoms with E-state index in [2.05, 4.69) is 10.1 Å². The van der Waals surface area contributed by atoms with Crippen LogP contribution in [0, 0.1) is 6.92 Å². The number of thiazole rings is 1. The second-order valence-electron chi connectivity index (χ2n) is 5.79. The van der Waals surface area contributed by atoms with Gasteiger partial charge in [0.25, 0.3) is 5.91 Å². The van der Waals surface area contributed by atoms with Crippen LogP contribution < -0.4 is 0 Å². The molecular formula is C17H14ClF3N4OS. The van der Waals surface area contributed by atoms with Crippen molar-refractivity contribution in [2.24, 2.45) is 0 Å². The zero-order chi connectivity index (χ0) is 19.8. The molecule has 0 aliphatic heterocycles. The number of carbonyl (C=O) groups excluding carboxylic acids is 1. The van der Waals surface area contributed by atoms with Crippen LogP contribution in [0.4, 0.5) is 13.2 Å². The summed E-state index contributed by atoms with van der Waals surface area (Å²) in [5.74, 6) is -0.622. The average molecular weight is 415 g/mol. The summed E-state index contributed by atoms with van der Waals surface area (Å²) in [5, 5.41) is 6.39. The van der Waals surface area contributed by atoms with Gasteiger partial charge in [-0.25, -0.2) is 9.67 Å². The minimum Gasteiger partial charge on any atom is -0.334 e. The van der Waals surface area contributed by atoms with E-state index in [1.807, 2.05) is 6.92 Å². The molecule has 0 spiro atoms. The molecule has 0 radical (unpaired) electrons. The molecule has 1 amide bonds. The number of rotatable bonds is 4. The first-order valence-corrected chi connectivity index (χ1v) is 9.01. The SMILES string of the molecule is Cc1nc(CN(C)C(=O)c2cc(C(F)(F)F)nn2-c2ccccc2Cl)cs1. The maximum atomic E-state index is 13.2. The summed E-state index contributed by atoms with van der Waals surface area (Å²) in [4.78, 5) is 18.4. The Kier molecular flexibility index (Phi) is 5.25. The Labute approximate surface area is 162 Å². The Hall–Kier alpha value is -2.39. The summed E-state index contributed by atoms with van der Waals surface area (Å²) in [6.45, 7) is 2.00. The van der Waals surface area contributed by atoms with E-state index in [0.717, 1.165) is 15.8 Å². The van der Waals surface area contributed by atoms with Crippen molar-refractivity contribution in [3.05, 3.63) is 62.8 Å². The van der Waals surface area contributed by atoms with Crippen molar-refractivity contribution >= 4 is 28.8 Å². The number of alkyl halides is 3. The lowest BCUT2D eigenvalue weighted by molar-refractivity contribution is -0.141. The van der Waals surface area contributed by atoms with Gasteiger partial charge >= 0.3 is 6.18 Å². The third-order valence-corrected chi connectivity index (χ3v) is 4.85. The molecule has 0 fully saturated rings. The number of para-hydroxylation sites is 1. The number of carbonyl (C=O) groups is 1. The molecule has 5 nitrogen and oxygen atoms in total. The smallest absolute Gasteiger partial charge is 0.334 e. The van der Waals surface area contributed by atoms with Crippen molar-refractivity contribution in [1.82, 2.24) is 19.7 Å². The standard InChI is InChI=1S/C17H14ClF3N4OS/c1-10-22-11(9-27-10)8-24(2)16(26)14-7-15(17(19,20)21)23-25(14)13-6-4-3-5-12(13)18/h3-7,9H,8H2,1-2H3. The Morgan fingerprint density at radius 1 is 1.33 bits per heavy atom. The van der Waals surface area contributed by atoms with Crippen LogP contribution in [0.5, 0.6) is 0 Å². The van der Waals surface area contributed by atoms with Crippen molar-refractivity contribution in [1.29, 1.82) is 0 Å². The van der Waals surface area contributed by atoms with Crippen molar-refractivity contribution in [2.45, 2.75) is 19.6 Å². The summed E-state index contributed by atoms with van der Waals surface area (Å²) in [7, 11) is 1.49. The van der Waals surface area contributed by atoms with Crippen LogP contribution in [0.2, 0.25) is 5.02 Å². The maximum absolute atomic E-state index is 13.2. The molecule has 0 bridgehead atoms. The Balaban J connectivity index is 2.01. The van der Waals surface area contributed by atoms with E-state index >= 15 is 0 Å². The molecule has 0 saturated heterocycles. The molecule has 27 heavy (non-hydrogen) atoms. The first kappa shape index (κ1) is 19.4. The van der Waals surface area contributed by atoms with Gasteiger partial charge in [-0.15, -0.1) is 11.3 Å². The fraction of sp³-hybridized carbons (Fsp3) is 0.235. The second-order valence-corrected chi connectivity index (χ2v) is 7.26. The van der Waals surface area contributed by atoms with Crippen molar-refractivity contribution in [3.63, 3.8) is 0 Å². The van der Waals surface area contributed by atoms with Crippen molar-refractivity contribution in [3.8, 4) is 5.69 Å². The van der Waals surface area contributed by atoms with Crippen LogP contribution >= 0.6 is 22.9 Å². The minimum atomic E-state index is -4.69. The van der Waals surface area contributed by atoms with E-state index in [1.54, 1.807) is 17.5 Å². The maximum Gasteiger partial charge on any atom is 0.435 e. The van der Waals surface area contributed by atoms with Crippen LogP contribution in [0.1, 0.15) is 26.9 Å². The van der Waals surface area contributed by atoms with Crippen molar-refractivity contribution < 1.29 is 18.0 Å². The summed E-state index contributed by atoms with van der Waals surface area (Å²) in [5.41, 5.74) is -0.544. The van der Waals surface area contributed by atoms with Crippen molar-refractivity contribution in [2.75, 3.05) is 7.05 Å². The topological polar surface area (TPSA) is 51.0 Å². The number of aromatic nitrogens is 3. The molecule has 0 atom stereocenters. The highest BCUT2D eigenvalue weighted by atomic mass is 35.5. The van der Waals surface area contributed by atoms with Gasteiger partial charge in [0.1, 0.15) is 5.69 Å². The fourth-order valence-corrected chi connectivity index (χ4v) is 3.29. The Morgan fingerprint density at radius 3 is 2.63 bits per heavy atom. The largest absolute Gasteiger partial charge is 0.435 e. The van der Waals surface area contributed by atoms with Gasteiger partial charge in [-0.3, -0.25) is 4.79 Å². The number of hydrogen-bond acceptors (Lipinski definition) is 4. The van der Waals surface area contributed by atoms with E-state index < -0.39 is 17.8 Å². The predicted octanol–water partition coefficient (Wildman–Crippen LogP) is 4.58. The first-order valence-electron chi connectivity index (χ1n) is 7.75. The number of aryl methyl sites for hydroxylation is 1. The normalized spacial score (nSPS) is 11.6. The third kappa shape index (κ3) is 4.14. The van der Waals surface area contributed by atoms with Crippen LogP contribution in [0.25, 0.3) is 5.69 Å².